The normalized spacial score (nSPS) is 14.8. The van der Waals surface area contributed by atoms with Gasteiger partial charge in [-0.3, -0.25) is 9.59 Å². The zero-order valence-corrected chi connectivity index (χ0v) is 14.5. The van der Waals surface area contributed by atoms with Crippen LogP contribution in [0.15, 0.2) is 29.6 Å². The summed E-state index contributed by atoms with van der Waals surface area (Å²) < 4.78 is 0. The highest BCUT2D eigenvalue weighted by molar-refractivity contribution is 7.09. The fourth-order valence-corrected chi connectivity index (χ4v) is 3.42. The van der Waals surface area contributed by atoms with Crippen LogP contribution in [0.1, 0.15) is 25.9 Å². The average Bonchev–Trinajstić information content (AvgIpc) is 3.10. The summed E-state index contributed by atoms with van der Waals surface area (Å²) in [7, 11) is 0. The third kappa shape index (κ3) is 3.58. The molecule has 2 heterocycles. The molecule has 0 radical (unpaired) electrons. The van der Waals surface area contributed by atoms with Crippen LogP contribution in [0.5, 0.6) is 0 Å². The molecule has 0 bridgehead atoms. The van der Waals surface area contributed by atoms with Gasteiger partial charge in [0.1, 0.15) is 10.7 Å². The second kappa shape index (κ2) is 7.29. The van der Waals surface area contributed by atoms with Crippen LogP contribution in [0.25, 0.3) is 0 Å². The molecular formula is C16H17ClN4O2S. The number of halogens is 1. The molecule has 1 aromatic carbocycles. The standard InChI is InChI=1S/C16H17ClN4O2S/c17-12-3-1-2-11(8-12)15(22)20-4-6-21(7-5-20)16(23)13-10-24-14(9-18)19-13/h1-3,8,10H,4-7,9,18H2. The number of carbonyl (C=O) groups excluding carboxylic acids is 2. The molecule has 8 heteroatoms. The number of benzene rings is 1. The average molecular weight is 365 g/mol. The fourth-order valence-electron chi connectivity index (χ4n) is 2.58. The molecular weight excluding hydrogens is 348 g/mol. The number of hydrogen-bond acceptors (Lipinski definition) is 5. The first kappa shape index (κ1) is 16.9. The molecule has 2 amide bonds. The van der Waals surface area contributed by atoms with Gasteiger partial charge in [0.25, 0.3) is 11.8 Å². The summed E-state index contributed by atoms with van der Waals surface area (Å²) in [5.74, 6) is -0.176. The van der Waals surface area contributed by atoms with E-state index < -0.39 is 0 Å². The monoisotopic (exact) mass is 364 g/mol. The van der Waals surface area contributed by atoms with Crippen molar-refractivity contribution in [1.29, 1.82) is 0 Å². The third-order valence-corrected chi connectivity index (χ3v) is 4.98. The Bertz CT molecular complexity index is 756. The summed E-state index contributed by atoms with van der Waals surface area (Å²) >= 11 is 7.32. The molecule has 0 atom stereocenters. The molecule has 1 aliphatic heterocycles. The lowest BCUT2D eigenvalue weighted by molar-refractivity contribution is 0.0532. The van der Waals surface area contributed by atoms with E-state index in [1.54, 1.807) is 39.4 Å². The van der Waals surface area contributed by atoms with Gasteiger partial charge in [-0.1, -0.05) is 17.7 Å². The zero-order chi connectivity index (χ0) is 17.1. The summed E-state index contributed by atoms with van der Waals surface area (Å²) in [6, 6.07) is 6.89. The lowest BCUT2D eigenvalue weighted by Gasteiger charge is -2.34. The molecule has 1 aromatic heterocycles. The van der Waals surface area contributed by atoms with Gasteiger partial charge in [0.2, 0.25) is 0 Å². The number of thiazole rings is 1. The number of nitrogens with zero attached hydrogens (tertiary/aromatic N) is 3. The predicted molar refractivity (Wildman–Crippen MR) is 93.3 cm³/mol. The van der Waals surface area contributed by atoms with Gasteiger partial charge in [-0.05, 0) is 18.2 Å². The van der Waals surface area contributed by atoms with Crippen molar-refractivity contribution in [3.8, 4) is 0 Å². The lowest BCUT2D eigenvalue weighted by atomic mass is 10.2. The van der Waals surface area contributed by atoms with E-state index in [-0.39, 0.29) is 11.8 Å². The predicted octanol–water partition coefficient (Wildman–Crippen LogP) is 1.85. The second-order valence-electron chi connectivity index (χ2n) is 5.43. The molecule has 6 nitrogen and oxygen atoms in total. The molecule has 0 unspecified atom stereocenters. The molecule has 1 fully saturated rings. The van der Waals surface area contributed by atoms with Crippen molar-refractivity contribution in [2.24, 2.45) is 5.73 Å². The molecule has 0 spiro atoms. The number of aromatic nitrogens is 1. The van der Waals surface area contributed by atoms with Crippen LogP contribution in [0.2, 0.25) is 5.02 Å². The lowest BCUT2D eigenvalue weighted by Crippen LogP contribution is -2.50. The Morgan fingerprint density at radius 2 is 1.83 bits per heavy atom. The molecule has 2 N–H and O–H groups in total. The van der Waals surface area contributed by atoms with Crippen LogP contribution in [-0.2, 0) is 6.54 Å². The minimum absolute atomic E-state index is 0.0660. The van der Waals surface area contributed by atoms with Crippen LogP contribution in [0.4, 0.5) is 0 Å². The highest BCUT2D eigenvalue weighted by Gasteiger charge is 2.26. The highest BCUT2D eigenvalue weighted by Crippen LogP contribution is 2.16. The van der Waals surface area contributed by atoms with Crippen LogP contribution >= 0.6 is 22.9 Å². The first-order chi connectivity index (χ1) is 11.6. The molecule has 3 rings (SSSR count). The van der Waals surface area contributed by atoms with Crippen molar-refractivity contribution in [3.63, 3.8) is 0 Å². The molecule has 126 valence electrons. The number of hydrogen-bond donors (Lipinski definition) is 1. The Kier molecular flexibility index (Phi) is 5.13. The van der Waals surface area contributed by atoms with Crippen LogP contribution in [-0.4, -0.2) is 52.8 Å². The van der Waals surface area contributed by atoms with Crippen molar-refractivity contribution in [1.82, 2.24) is 14.8 Å². The maximum Gasteiger partial charge on any atom is 0.273 e. The Hall–Kier alpha value is -1.96. The van der Waals surface area contributed by atoms with E-state index in [1.807, 2.05) is 0 Å². The molecule has 0 aliphatic carbocycles. The minimum atomic E-state index is -0.110. The molecule has 24 heavy (non-hydrogen) atoms. The third-order valence-electron chi connectivity index (χ3n) is 3.87. The number of amides is 2. The van der Waals surface area contributed by atoms with Gasteiger partial charge in [0.05, 0.1) is 0 Å². The smallest absolute Gasteiger partial charge is 0.273 e. The summed E-state index contributed by atoms with van der Waals surface area (Å²) in [5, 5.41) is 3.01. The number of rotatable bonds is 3. The van der Waals surface area contributed by atoms with Gasteiger partial charge < -0.3 is 15.5 Å². The number of nitrogens with two attached hydrogens (primary N) is 1. The van der Waals surface area contributed by atoms with E-state index in [0.717, 1.165) is 5.01 Å². The summed E-state index contributed by atoms with van der Waals surface area (Å²) in [5.41, 5.74) is 6.52. The second-order valence-corrected chi connectivity index (χ2v) is 6.80. The van der Waals surface area contributed by atoms with E-state index in [4.69, 9.17) is 17.3 Å². The van der Waals surface area contributed by atoms with Crippen LogP contribution < -0.4 is 5.73 Å². The molecule has 1 saturated heterocycles. The van der Waals surface area contributed by atoms with Gasteiger partial charge in [0, 0.05) is 48.7 Å². The maximum atomic E-state index is 12.5. The van der Waals surface area contributed by atoms with E-state index in [1.165, 1.54) is 11.3 Å². The van der Waals surface area contributed by atoms with Gasteiger partial charge in [0.15, 0.2) is 0 Å². The minimum Gasteiger partial charge on any atom is -0.335 e. The van der Waals surface area contributed by atoms with Gasteiger partial charge in [-0.25, -0.2) is 4.98 Å². The van der Waals surface area contributed by atoms with Gasteiger partial charge in [-0.15, -0.1) is 11.3 Å². The van der Waals surface area contributed by atoms with Gasteiger partial charge in [-0.2, -0.15) is 0 Å². The van der Waals surface area contributed by atoms with Crippen molar-refractivity contribution in [2.75, 3.05) is 26.2 Å². The Morgan fingerprint density at radius 1 is 1.17 bits per heavy atom. The zero-order valence-electron chi connectivity index (χ0n) is 12.9. The molecule has 0 saturated carbocycles. The Morgan fingerprint density at radius 3 is 2.42 bits per heavy atom. The van der Waals surface area contributed by atoms with E-state index in [0.29, 0.717) is 49.0 Å². The molecule has 1 aliphatic rings. The highest BCUT2D eigenvalue weighted by atomic mass is 35.5. The maximum absolute atomic E-state index is 12.5. The van der Waals surface area contributed by atoms with Crippen molar-refractivity contribution in [2.45, 2.75) is 6.54 Å². The summed E-state index contributed by atoms with van der Waals surface area (Å²) in [4.78, 5) is 32.6. The van der Waals surface area contributed by atoms with Crippen LogP contribution in [0.3, 0.4) is 0 Å². The Labute approximate surface area is 148 Å². The first-order valence-electron chi connectivity index (χ1n) is 7.57. The molecule has 2 aromatic rings. The van der Waals surface area contributed by atoms with E-state index >= 15 is 0 Å². The number of piperazine rings is 1. The fraction of sp³-hybridized carbons (Fsp3) is 0.312. The first-order valence-corrected chi connectivity index (χ1v) is 8.83. The Balaban J connectivity index is 1.61. The van der Waals surface area contributed by atoms with Crippen molar-refractivity contribution >= 4 is 34.8 Å². The number of carbonyl (C=O) groups is 2. The SMILES string of the molecule is NCc1nc(C(=O)N2CCN(C(=O)c3cccc(Cl)c3)CC2)cs1. The van der Waals surface area contributed by atoms with Gasteiger partial charge >= 0.3 is 0 Å². The van der Waals surface area contributed by atoms with E-state index in [9.17, 15) is 9.59 Å². The van der Waals surface area contributed by atoms with E-state index in [2.05, 4.69) is 4.98 Å². The summed E-state index contributed by atoms with van der Waals surface area (Å²) in [6.07, 6.45) is 0. The van der Waals surface area contributed by atoms with Crippen LogP contribution in [0, 0.1) is 0 Å². The summed E-state index contributed by atoms with van der Waals surface area (Å²) in [6.45, 7) is 2.29. The largest absolute Gasteiger partial charge is 0.335 e. The quantitative estimate of drug-likeness (QED) is 0.901. The van der Waals surface area contributed by atoms with Crippen molar-refractivity contribution < 1.29 is 9.59 Å². The topological polar surface area (TPSA) is 79.5 Å². The van der Waals surface area contributed by atoms with Crippen molar-refractivity contribution in [3.05, 3.63) is 50.9 Å².